The van der Waals surface area contributed by atoms with Crippen LogP contribution < -0.4 is 5.32 Å². The van der Waals surface area contributed by atoms with Gasteiger partial charge in [0.1, 0.15) is 12.6 Å². The summed E-state index contributed by atoms with van der Waals surface area (Å²) in [5.74, 6) is -5.51. The Morgan fingerprint density at radius 2 is 1.32 bits per heavy atom. The highest BCUT2D eigenvalue weighted by Gasteiger charge is 2.42. The summed E-state index contributed by atoms with van der Waals surface area (Å²) in [6.07, 6.45) is 0. The Bertz CT molecular complexity index is 406. The molecule has 126 valence electrons. The van der Waals surface area contributed by atoms with Crippen LogP contribution in [0.15, 0.2) is 0 Å². The predicted octanol–water partition coefficient (Wildman–Crippen LogP) is -1.11. The van der Waals surface area contributed by atoms with Crippen molar-refractivity contribution in [3.8, 4) is 0 Å². The van der Waals surface area contributed by atoms with E-state index in [1.54, 1.807) is 0 Å². The van der Waals surface area contributed by atoms with Gasteiger partial charge in [-0.2, -0.15) is 0 Å². The molecule has 22 heavy (non-hydrogen) atoms. The maximum Gasteiger partial charge on any atom is 0.328 e. The SMILES string of the molecule is COCC(=O)N[C@@H](C(=O)OC)[C@H](C)C(C(=O)OC)C(=O)OC. The monoisotopic (exact) mass is 319 g/mol. The average molecular weight is 319 g/mol. The van der Waals surface area contributed by atoms with E-state index in [4.69, 9.17) is 0 Å². The number of carbonyl (C=O) groups excluding carboxylic acids is 4. The van der Waals surface area contributed by atoms with Crippen molar-refractivity contribution in [2.75, 3.05) is 35.0 Å². The van der Waals surface area contributed by atoms with Crippen molar-refractivity contribution >= 4 is 23.8 Å². The molecular weight excluding hydrogens is 298 g/mol. The third-order valence-electron chi connectivity index (χ3n) is 3.01. The zero-order chi connectivity index (χ0) is 17.3. The van der Waals surface area contributed by atoms with Crippen molar-refractivity contribution in [2.24, 2.45) is 11.8 Å². The zero-order valence-corrected chi connectivity index (χ0v) is 13.2. The first-order valence-corrected chi connectivity index (χ1v) is 6.35. The van der Waals surface area contributed by atoms with E-state index in [-0.39, 0.29) is 6.61 Å². The van der Waals surface area contributed by atoms with Crippen molar-refractivity contribution in [1.82, 2.24) is 5.32 Å². The van der Waals surface area contributed by atoms with E-state index >= 15 is 0 Å². The van der Waals surface area contributed by atoms with E-state index < -0.39 is 41.7 Å². The summed E-state index contributed by atoms with van der Waals surface area (Å²) >= 11 is 0. The molecule has 9 heteroatoms. The number of carbonyl (C=O) groups is 4. The van der Waals surface area contributed by atoms with Crippen LogP contribution in [0.2, 0.25) is 0 Å². The van der Waals surface area contributed by atoms with Gasteiger partial charge in [0.05, 0.1) is 21.3 Å². The lowest BCUT2D eigenvalue weighted by atomic mass is 9.87. The van der Waals surface area contributed by atoms with Gasteiger partial charge in [-0.25, -0.2) is 4.79 Å². The molecule has 0 aromatic heterocycles. The molecular formula is C13H21NO8. The first-order chi connectivity index (χ1) is 10.3. The molecule has 0 radical (unpaired) electrons. The molecule has 0 rings (SSSR count). The summed E-state index contributed by atoms with van der Waals surface area (Å²) in [7, 11) is 4.63. The highest BCUT2D eigenvalue weighted by atomic mass is 16.5. The summed E-state index contributed by atoms with van der Waals surface area (Å²) in [6.45, 7) is 1.13. The third-order valence-corrected chi connectivity index (χ3v) is 3.01. The van der Waals surface area contributed by atoms with Gasteiger partial charge in [-0.05, 0) is 0 Å². The number of rotatable bonds is 8. The molecule has 9 nitrogen and oxygen atoms in total. The van der Waals surface area contributed by atoms with Crippen molar-refractivity contribution in [2.45, 2.75) is 13.0 Å². The van der Waals surface area contributed by atoms with Gasteiger partial charge in [0.25, 0.3) is 0 Å². The fourth-order valence-corrected chi connectivity index (χ4v) is 1.85. The minimum absolute atomic E-state index is 0.290. The van der Waals surface area contributed by atoms with Crippen LogP contribution in [0, 0.1) is 11.8 Å². The number of hydrogen-bond donors (Lipinski definition) is 1. The first kappa shape index (κ1) is 19.8. The fourth-order valence-electron chi connectivity index (χ4n) is 1.85. The van der Waals surface area contributed by atoms with Gasteiger partial charge in [-0.3, -0.25) is 14.4 Å². The molecule has 0 saturated heterocycles. The van der Waals surface area contributed by atoms with E-state index in [0.717, 1.165) is 21.3 Å². The van der Waals surface area contributed by atoms with Crippen LogP contribution in [-0.2, 0) is 38.1 Å². The Balaban J connectivity index is 5.39. The third kappa shape index (κ3) is 5.32. The van der Waals surface area contributed by atoms with E-state index in [1.807, 2.05) is 0 Å². The summed E-state index contributed by atoms with van der Waals surface area (Å²) in [5.41, 5.74) is 0. The topological polar surface area (TPSA) is 117 Å². The highest BCUT2D eigenvalue weighted by molar-refractivity contribution is 5.96. The second-order valence-corrected chi connectivity index (χ2v) is 4.38. The molecule has 0 spiro atoms. The van der Waals surface area contributed by atoms with Crippen LogP contribution in [0.5, 0.6) is 0 Å². The summed E-state index contributed by atoms with van der Waals surface area (Å²) in [4.78, 5) is 47.0. The quantitative estimate of drug-likeness (QED) is 0.340. The van der Waals surface area contributed by atoms with Gasteiger partial charge in [0, 0.05) is 13.0 Å². The molecule has 0 bridgehead atoms. The predicted molar refractivity (Wildman–Crippen MR) is 72.5 cm³/mol. The Kier molecular flexibility index (Phi) is 8.76. The number of methoxy groups -OCH3 is 4. The molecule has 0 aliphatic rings. The number of amides is 1. The smallest absolute Gasteiger partial charge is 0.328 e. The molecule has 1 amide bonds. The van der Waals surface area contributed by atoms with Gasteiger partial charge >= 0.3 is 17.9 Å². The molecule has 0 heterocycles. The van der Waals surface area contributed by atoms with Crippen LogP contribution in [-0.4, -0.2) is 64.9 Å². The average Bonchev–Trinajstić information content (AvgIpc) is 2.51. The normalized spacial score (nSPS) is 13.0. The molecule has 0 aromatic carbocycles. The fraction of sp³-hybridized carbons (Fsp3) is 0.692. The van der Waals surface area contributed by atoms with E-state index in [9.17, 15) is 19.2 Å². The Morgan fingerprint density at radius 1 is 0.864 bits per heavy atom. The van der Waals surface area contributed by atoms with E-state index in [1.165, 1.54) is 14.0 Å². The summed E-state index contributed by atoms with van der Waals surface area (Å²) in [5, 5.41) is 2.35. The van der Waals surface area contributed by atoms with Gasteiger partial charge in [-0.15, -0.1) is 0 Å². The van der Waals surface area contributed by atoms with Crippen molar-refractivity contribution in [1.29, 1.82) is 0 Å². The minimum atomic E-state index is -1.39. The van der Waals surface area contributed by atoms with Gasteiger partial charge in [0.15, 0.2) is 5.92 Å². The lowest BCUT2D eigenvalue weighted by molar-refractivity contribution is -0.163. The van der Waals surface area contributed by atoms with Crippen molar-refractivity contribution < 1.29 is 38.1 Å². The van der Waals surface area contributed by atoms with E-state index in [2.05, 4.69) is 24.3 Å². The Labute approximate surface area is 128 Å². The Morgan fingerprint density at radius 3 is 1.68 bits per heavy atom. The lowest BCUT2D eigenvalue weighted by Crippen LogP contribution is -2.51. The minimum Gasteiger partial charge on any atom is -0.468 e. The number of nitrogens with one attached hydrogen (secondary N) is 1. The Hall–Kier alpha value is -2.16. The molecule has 0 aliphatic heterocycles. The van der Waals surface area contributed by atoms with Crippen molar-refractivity contribution in [3.63, 3.8) is 0 Å². The zero-order valence-electron chi connectivity index (χ0n) is 13.2. The van der Waals surface area contributed by atoms with Gasteiger partial charge in [-0.1, -0.05) is 6.92 Å². The number of hydrogen-bond acceptors (Lipinski definition) is 8. The second-order valence-electron chi connectivity index (χ2n) is 4.38. The standard InChI is InChI=1S/C13H21NO8/c1-7(9(11(16)20-3)12(17)21-4)10(13(18)22-5)14-8(15)6-19-2/h7,9-10H,6H2,1-5H3,(H,14,15)/t7-,10-/m1/s1. The van der Waals surface area contributed by atoms with Gasteiger partial charge < -0.3 is 24.3 Å². The molecule has 2 atom stereocenters. The summed E-state index contributed by atoms with van der Waals surface area (Å²) < 4.78 is 18.3. The van der Waals surface area contributed by atoms with Gasteiger partial charge in [0.2, 0.25) is 5.91 Å². The van der Waals surface area contributed by atoms with Crippen LogP contribution in [0.4, 0.5) is 0 Å². The van der Waals surface area contributed by atoms with Crippen LogP contribution in [0.1, 0.15) is 6.92 Å². The number of esters is 3. The maximum atomic E-state index is 11.8. The molecule has 0 unspecified atom stereocenters. The summed E-state index contributed by atoms with van der Waals surface area (Å²) in [6, 6.07) is -1.24. The van der Waals surface area contributed by atoms with Crippen molar-refractivity contribution in [3.05, 3.63) is 0 Å². The second kappa shape index (κ2) is 9.72. The first-order valence-electron chi connectivity index (χ1n) is 6.35. The van der Waals surface area contributed by atoms with Crippen LogP contribution in [0.25, 0.3) is 0 Å². The van der Waals surface area contributed by atoms with E-state index in [0.29, 0.717) is 0 Å². The maximum absolute atomic E-state index is 11.8. The van der Waals surface area contributed by atoms with Crippen LogP contribution in [0.3, 0.4) is 0 Å². The lowest BCUT2D eigenvalue weighted by Gasteiger charge is -2.26. The van der Waals surface area contributed by atoms with Crippen LogP contribution >= 0.6 is 0 Å². The molecule has 0 fully saturated rings. The number of ether oxygens (including phenoxy) is 4. The highest BCUT2D eigenvalue weighted by Crippen LogP contribution is 2.20. The molecule has 0 aliphatic carbocycles. The molecule has 1 N–H and O–H groups in total. The largest absolute Gasteiger partial charge is 0.468 e. The molecule has 0 saturated carbocycles. The molecule has 0 aromatic rings.